The van der Waals surface area contributed by atoms with Gasteiger partial charge in [0.2, 0.25) is 5.91 Å². The fourth-order valence-electron chi connectivity index (χ4n) is 5.00. The van der Waals surface area contributed by atoms with E-state index in [1.54, 1.807) is 6.07 Å². The molecule has 156 valence electrons. The molecule has 2 aromatic carbocycles. The molecule has 0 saturated heterocycles. The van der Waals surface area contributed by atoms with E-state index in [1.165, 1.54) is 7.11 Å². The van der Waals surface area contributed by atoms with Crippen LogP contribution < -0.4 is 5.32 Å². The Morgan fingerprint density at radius 1 is 1.07 bits per heavy atom. The molecule has 0 aromatic heterocycles. The van der Waals surface area contributed by atoms with Crippen LogP contribution in [0.4, 0.5) is 0 Å². The van der Waals surface area contributed by atoms with Crippen molar-refractivity contribution >= 4 is 17.8 Å². The average Bonchev–Trinajstić information content (AvgIpc) is 3.25. The van der Waals surface area contributed by atoms with Gasteiger partial charge in [-0.1, -0.05) is 61.4 Å². The highest BCUT2D eigenvalue weighted by molar-refractivity contribution is 6.02. The Hall–Kier alpha value is -3.15. The molecule has 1 fully saturated rings. The molecule has 4 rings (SSSR count). The maximum atomic E-state index is 13.6. The zero-order valence-corrected chi connectivity index (χ0v) is 17.1. The summed E-state index contributed by atoms with van der Waals surface area (Å²) in [5, 5.41) is 2.74. The monoisotopic (exact) mass is 406 g/mol. The van der Waals surface area contributed by atoms with Gasteiger partial charge in [0.25, 0.3) is 5.91 Å². The van der Waals surface area contributed by atoms with E-state index in [0.29, 0.717) is 12.1 Å². The first kappa shape index (κ1) is 20.1. The highest BCUT2D eigenvalue weighted by Gasteiger charge is 2.55. The van der Waals surface area contributed by atoms with Crippen molar-refractivity contribution < 1.29 is 19.1 Å². The zero-order chi connectivity index (χ0) is 21.1. The van der Waals surface area contributed by atoms with Crippen molar-refractivity contribution in [1.82, 2.24) is 10.2 Å². The van der Waals surface area contributed by atoms with Crippen LogP contribution in [0, 0.1) is 0 Å². The number of esters is 1. The van der Waals surface area contributed by atoms with Crippen LogP contribution in [0.2, 0.25) is 0 Å². The van der Waals surface area contributed by atoms with Gasteiger partial charge in [0.1, 0.15) is 6.54 Å². The van der Waals surface area contributed by atoms with E-state index in [4.69, 9.17) is 0 Å². The summed E-state index contributed by atoms with van der Waals surface area (Å²) in [6.07, 6.45) is 3.44. The Kier molecular flexibility index (Phi) is 5.57. The van der Waals surface area contributed by atoms with Gasteiger partial charge < -0.3 is 15.0 Å². The van der Waals surface area contributed by atoms with E-state index in [1.807, 2.05) is 53.4 Å². The smallest absolute Gasteiger partial charge is 0.325 e. The van der Waals surface area contributed by atoms with Crippen LogP contribution in [-0.2, 0) is 20.9 Å². The lowest BCUT2D eigenvalue weighted by atomic mass is 9.71. The van der Waals surface area contributed by atoms with E-state index in [-0.39, 0.29) is 18.4 Å². The largest absolute Gasteiger partial charge is 0.468 e. The van der Waals surface area contributed by atoms with E-state index < -0.39 is 17.4 Å². The van der Waals surface area contributed by atoms with Crippen LogP contribution in [0.15, 0.2) is 54.6 Å². The number of hydrogen-bond donors (Lipinski definition) is 1. The number of fused-ring (bicyclic) bond motifs is 1. The summed E-state index contributed by atoms with van der Waals surface area (Å²) in [5.74, 6) is -1.29. The first-order valence-corrected chi connectivity index (χ1v) is 10.4. The molecule has 1 saturated carbocycles. The summed E-state index contributed by atoms with van der Waals surface area (Å²) in [6.45, 7) is 0.269. The van der Waals surface area contributed by atoms with Gasteiger partial charge in [-0.05, 0) is 30.0 Å². The molecule has 2 aliphatic rings. The number of methoxy groups -OCH3 is 1. The van der Waals surface area contributed by atoms with Gasteiger partial charge in [0, 0.05) is 12.1 Å². The predicted octanol–water partition coefficient (Wildman–Crippen LogP) is 3.03. The zero-order valence-electron chi connectivity index (χ0n) is 17.1. The molecule has 1 N–H and O–H groups in total. The van der Waals surface area contributed by atoms with E-state index >= 15 is 0 Å². The van der Waals surface area contributed by atoms with Crippen LogP contribution in [0.25, 0.3) is 0 Å². The number of amides is 2. The minimum absolute atomic E-state index is 0.0339. The Labute approximate surface area is 176 Å². The fourth-order valence-corrected chi connectivity index (χ4v) is 5.00. The molecular formula is C24H26N2O4. The van der Waals surface area contributed by atoms with Gasteiger partial charge in [-0.3, -0.25) is 14.4 Å². The normalized spacial score (nSPS) is 19.4. The Morgan fingerprint density at radius 3 is 2.43 bits per heavy atom. The summed E-state index contributed by atoms with van der Waals surface area (Å²) in [5.41, 5.74) is 1.74. The quantitative estimate of drug-likeness (QED) is 0.775. The molecule has 1 aliphatic heterocycles. The van der Waals surface area contributed by atoms with Crippen LogP contribution in [0.3, 0.4) is 0 Å². The Balaban J connectivity index is 1.77. The summed E-state index contributed by atoms with van der Waals surface area (Å²) in [6, 6.07) is 17.2. The molecule has 1 atom stereocenters. The molecule has 0 bridgehead atoms. The number of ether oxygens (including phenoxy) is 1. The maximum absolute atomic E-state index is 13.6. The highest BCUT2D eigenvalue weighted by Crippen LogP contribution is 2.50. The number of carbonyl (C=O) groups excluding carboxylic acids is 3. The van der Waals surface area contributed by atoms with Crippen LogP contribution >= 0.6 is 0 Å². The van der Waals surface area contributed by atoms with E-state index in [2.05, 4.69) is 10.1 Å². The molecule has 30 heavy (non-hydrogen) atoms. The van der Waals surface area contributed by atoms with E-state index in [9.17, 15) is 14.4 Å². The molecule has 0 unspecified atom stereocenters. The minimum atomic E-state index is -0.596. The van der Waals surface area contributed by atoms with Crippen molar-refractivity contribution in [2.24, 2.45) is 0 Å². The topological polar surface area (TPSA) is 75.7 Å². The third kappa shape index (κ3) is 3.47. The van der Waals surface area contributed by atoms with Gasteiger partial charge in [0.15, 0.2) is 0 Å². The predicted molar refractivity (Wildman–Crippen MR) is 112 cm³/mol. The number of hydrogen-bond acceptors (Lipinski definition) is 4. The number of rotatable bonds is 5. The molecule has 1 aliphatic carbocycles. The second-order valence-electron chi connectivity index (χ2n) is 8.00. The van der Waals surface area contributed by atoms with Crippen molar-refractivity contribution in [3.63, 3.8) is 0 Å². The SMILES string of the molecule is COC(=O)CNC(=O)[C@@H]1c2ccccc2C(=O)N(Cc2ccccc2)C12CCCC2. The first-order chi connectivity index (χ1) is 14.6. The second kappa shape index (κ2) is 8.30. The van der Waals surface area contributed by atoms with Gasteiger partial charge >= 0.3 is 5.97 Å². The van der Waals surface area contributed by atoms with Gasteiger partial charge in [-0.25, -0.2) is 0 Å². The fraction of sp³-hybridized carbons (Fsp3) is 0.375. The van der Waals surface area contributed by atoms with Crippen molar-refractivity contribution in [2.45, 2.75) is 43.7 Å². The van der Waals surface area contributed by atoms with Crippen LogP contribution in [-0.4, -0.2) is 41.9 Å². The molecule has 2 aromatic rings. The van der Waals surface area contributed by atoms with Crippen LogP contribution in [0.5, 0.6) is 0 Å². The highest BCUT2D eigenvalue weighted by atomic mass is 16.5. The molecular weight excluding hydrogens is 380 g/mol. The molecule has 6 heteroatoms. The molecule has 6 nitrogen and oxygen atoms in total. The van der Waals surface area contributed by atoms with Crippen molar-refractivity contribution in [3.05, 3.63) is 71.3 Å². The van der Waals surface area contributed by atoms with Gasteiger partial charge in [-0.2, -0.15) is 0 Å². The van der Waals surface area contributed by atoms with Crippen molar-refractivity contribution in [2.75, 3.05) is 13.7 Å². The molecule has 1 heterocycles. The standard InChI is InChI=1S/C24H26N2O4/c1-30-20(27)15-25-22(28)21-18-11-5-6-12-19(18)23(29)26(24(21)13-7-8-14-24)16-17-9-3-2-4-10-17/h2-6,9-12,21H,7-8,13-16H2,1H3,(H,25,28)/t21-/m0/s1. The molecule has 2 amide bonds. The number of benzene rings is 2. The van der Waals surface area contributed by atoms with Crippen molar-refractivity contribution in [3.8, 4) is 0 Å². The second-order valence-corrected chi connectivity index (χ2v) is 8.00. The summed E-state index contributed by atoms with van der Waals surface area (Å²) in [4.78, 5) is 40.5. The molecule has 1 spiro atoms. The third-order valence-corrected chi connectivity index (χ3v) is 6.37. The summed E-state index contributed by atoms with van der Waals surface area (Å²) in [7, 11) is 1.29. The van der Waals surface area contributed by atoms with Crippen LogP contribution in [0.1, 0.15) is 53.1 Å². The lowest BCUT2D eigenvalue weighted by Gasteiger charge is -2.50. The summed E-state index contributed by atoms with van der Waals surface area (Å²) < 4.78 is 4.67. The number of carbonyl (C=O) groups is 3. The minimum Gasteiger partial charge on any atom is -0.468 e. The van der Waals surface area contributed by atoms with Gasteiger partial charge in [0.05, 0.1) is 18.6 Å². The van der Waals surface area contributed by atoms with E-state index in [0.717, 1.165) is 36.8 Å². The number of nitrogens with zero attached hydrogens (tertiary/aromatic N) is 1. The number of nitrogens with one attached hydrogen (secondary N) is 1. The lowest BCUT2D eigenvalue weighted by Crippen LogP contribution is -2.60. The Morgan fingerprint density at radius 2 is 1.73 bits per heavy atom. The van der Waals surface area contributed by atoms with Crippen molar-refractivity contribution in [1.29, 1.82) is 0 Å². The third-order valence-electron chi connectivity index (χ3n) is 6.37. The maximum Gasteiger partial charge on any atom is 0.325 e. The summed E-state index contributed by atoms with van der Waals surface area (Å²) >= 11 is 0. The van der Waals surface area contributed by atoms with Gasteiger partial charge in [-0.15, -0.1) is 0 Å². The molecule has 0 radical (unpaired) electrons. The average molecular weight is 406 g/mol. The Bertz CT molecular complexity index is 951. The lowest BCUT2D eigenvalue weighted by molar-refractivity contribution is -0.141. The first-order valence-electron chi connectivity index (χ1n) is 10.4.